The number of hydrogen-bond donors (Lipinski definition) is 2. The van der Waals surface area contributed by atoms with Gasteiger partial charge in [0.25, 0.3) is 0 Å². The molecule has 0 fully saturated rings. The van der Waals surface area contributed by atoms with Crippen LogP contribution in [0.5, 0.6) is 0 Å². The molecule has 0 amide bonds. The quantitative estimate of drug-likeness (QED) is 0.842. The number of aromatic nitrogens is 1. The van der Waals surface area contributed by atoms with Gasteiger partial charge < -0.3 is 14.6 Å². The SMILES string of the molecule is Cc1nc2cc(C(CO)CC(=O)O)ccc2o1. The Morgan fingerprint density at radius 1 is 1.53 bits per heavy atom. The molecule has 0 aliphatic rings. The van der Waals surface area contributed by atoms with Crippen LogP contribution >= 0.6 is 0 Å². The van der Waals surface area contributed by atoms with E-state index in [2.05, 4.69) is 4.98 Å². The molecule has 5 nitrogen and oxygen atoms in total. The van der Waals surface area contributed by atoms with E-state index in [9.17, 15) is 9.90 Å². The summed E-state index contributed by atoms with van der Waals surface area (Å²) >= 11 is 0. The van der Waals surface area contributed by atoms with Crippen molar-refractivity contribution in [3.8, 4) is 0 Å². The van der Waals surface area contributed by atoms with Crippen LogP contribution < -0.4 is 0 Å². The first-order valence-corrected chi connectivity index (χ1v) is 5.30. The Labute approximate surface area is 97.7 Å². The third kappa shape index (κ3) is 2.45. The van der Waals surface area contributed by atoms with E-state index in [-0.39, 0.29) is 13.0 Å². The number of aliphatic carboxylic acids is 1. The van der Waals surface area contributed by atoms with E-state index in [1.807, 2.05) is 0 Å². The lowest BCUT2D eigenvalue weighted by molar-refractivity contribution is -0.137. The monoisotopic (exact) mass is 235 g/mol. The van der Waals surface area contributed by atoms with Gasteiger partial charge in [0.1, 0.15) is 5.52 Å². The summed E-state index contributed by atoms with van der Waals surface area (Å²) in [5.74, 6) is -0.773. The molecule has 0 saturated carbocycles. The number of hydrogen-bond acceptors (Lipinski definition) is 4. The molecule has 1 unspecified atom stereocenters. The highest BCUT2D eigenvalue weighted by Gasteiger charge is 2.16. The molecule has 0 spiro atoms. The van der Waals surface area contributed by atoms with Gasteiger partial charge in [-0.25, -0.2) is 4.98 Å². The fraction of sp³-hybridized carbons (Fsp3) is 0.333. The fourth-order valence-corrected chi connectivity index (χ4v) is 1.81. The summed E-state index contributed by atoms with van der Waals surface area (Å²) in [7, 11) is 0. The summed E-state index contributed by atoms with van der Waals surface area (Å²) in [6.45, 7) is 1.55. The standard InChI is InChI=1S/C12H13NO4/c1-7-13-10-4-8(2-3-11(10)17-7)9(6-14)5-12(15)16/h2-4,9,14H,5-6H2,1H3,(H,15,16). The lowest BCUT2D eigenvalue weighted by Gasteiger charge is -2.11. The van der Waals surface area contributed by atoms with Gasteiger partial charge in [0.05, 0.1) is 13.0 Å². The highest BCUT2D eigenvalue weighted by atomic mass is 16.4. The van der Waals surface area contributed by atoms with E-state index in [0.29, 0.717) is 17.0 Å². The number of nitrogens with zero attached hydrogens (tertiary/aromatic N) is 1. The van der Waals surface area contributed by atoms with Crippen LogP contribution in [0.1, 0.15) is 23.8 Å². The van der Waals surface area contributed by atoms with Crippen LogP contribution in [0.3, 0.4) is 0 Å². The van der Waals surface area contributed by atoms with Crippen molar-refractivity contribution < 1.29 is 19.4 Å². The largest absolute Gasteiger partial charge is 0.481 e. The summed E-state index contributed by atoms with van der Waals surface area (Å²) in [5, 5.41) is 17.9. The zero-order valence-electron chi connectivity index (χ0n) is 9.38. The van der Waals surface area contributed by atoms with E-state index >= 15 is 0 Å². The maximum atomic E-state index is 10.7. The molecule has 0 radical (unpaired) electrons. The zero-order chi connectivity index (χ0) is 12.4. The minimum atomic E-state index is -0.930. The Kier molecular flexibility index (Phi) is 3.10. The fourth-order valence-electron chi connectivity index (χ4n) is 1.81. The van der Waals surface area contributed by atoms with Crippen LogP contribution in [0.15, 0.2) is 22.6 Å². The minimum Gasteiger partial charge on any atom is -0.481 e. The molecule has 0 bridgehead atoms. The maximum Gasteiger partial charge on any atom is 0.304 e. The van der Waals surface area contributed by atoms with Gasteiger partial charge in [-0.2, -0.15) is 0 Å². The van der Waals surface area contributed by atoms with Gasteiger partial charge in [-0.3, -0.25) is 4.79 Å². The van der Waals surface area contributed by atoms with Crippen LogP contribution in [-0.4, -0.2) is 27.8 Å². The van der Waals surface area contributed by atoms with Crippen molar-refractivity contribution in [1.82, 2.24) is 4.98 Å². The molecular formula is C12H13NO4. The number of rotatable bonds is 4. The van der Waals surface area contributed by atoms with Gasteiger partial charge >= 0.3 is 5.97 Å². The highest BCUT2D eigenvalue weighted by molar-refractivity contribution is 5.74. The highest BCUT2D eigenvalue weighted by Crippen LogP contribution is 2.24. The lowest BCUT2D eigenvalue weighted by Crippen LogP contribution is -2.10. The first-order chi connectivity index (χ1) is 8.10. The number of aliphatic hydroxyl groups is 1. The van der Waals surface area contributed by atoms with Gasteiger partial charge in [0.2, 0.25) is 0 Å². The van der Waals surface area contributed by atoms with Crippen molar-refractivity contribution in [2.75, 3.05) is 6.61 Å². The molecule has 2 aromatic rings. The number of carboxylic acid groups (broad SMARTS) is 1. The van der Waals surface area contributed by atoms with E-state index in [1.165, 1.54) is 0 Å². The van der Waals surface area contributed by atoms with Crippen LogP contribution in [0.2, 0.25) is 0 Å². The molecule has 0 aliphatic carbocycles. The molecular weight excluding hydrogens is 222 g/mol. The third-order valence-corrected chi connectivity index (χ3v) is 2.63. The van der Waals surface area contributed by atoms with Crippen molar-refractivity contribution >= 4 is 17.1 Å². The number of oxazole rings is 1. The summed E-state index contributed by atoms with van der Waals surface area (Å²) in [6.07, 6.45) is -0.0984. The molecule has 1 aromatic carbocycles. The van der Waals surface area contributed by atoms with E-state index in [1.54, 1.807) is 25.1 Å². The minimum absolute atomic E-state index is 0.0984. The second kappa shape index (κ2) is 4.55. The van der Waals surface area contributed by atoms with Crippen LogP contribution in [-0.2, 0) is 4.79 Å². The molecule has 90 valence electrons. The summed E-state index contributed by atoms with van der Waals surface area (Å²) in [5.41, 5.74) is 2.11. The van der Waals surface area contributed by atoms with Crippen LogP contribution in [0.25, 0.3) is 11.1 Å². The Morgan fingerprint density at radius 2 is 2.29 bits per heavy atom. The first kappa shape index (κ1) is 11.6. The molecule has 2 N–H and O–H groups in total. The normalized spacial score (nSPS) is 12.8. The summed E-state index contributed by atoms with van der Waals surface area (Å²) in [4.78, 5) is 14.8. The molecule has 5 heteroatoms. The Morgan fingerprint density at radius 3 is 2.94 bits per heavy atom. The topological polar surface area (TPSA) is 83.6 Å². The van der Waals surface area contributed by atoms with Gasteiger partial charge in [-0.05, 0) is 17.7 Å². The molecule has 1 aromatic heterocycles. The Balaban J connectivity index is 2.36. The predicted molar refractivity (Wildman–Crippen MR) is 60.8 cm³/mol. The van der Waals surface area contributed by atoms with Crippen molar-refractivity contribution in [1.29, 1.82) is 0 Å². The van der Waals surface area contributed by atoms with Crippen LogP contribution in [0.4, 0.5) is 0 Å². The number of benzene rings is 1. The lowest BCUT2D eigenvalue weighted by atomic mass is 9.96. The van der Waals surface area contributed by atoms with Gasteiger partial charge in [0.15, 0.2) is 11.5 Å². The molecule has 1 atom stereocenters. The molecule has 17 heavy (non-hydrogen) atoms. The Hall–Kier alpha value is -1.88. The van der Waals surface area contributed by atoms with E-state index in [0.717, 1.165) is 5.56 Å². The van der Waals surface area contributed by atoms with E-state index < -0.39 is 11.9 Å². The van der Waals surface area contributed by atoms with Crippen LogP contribution in [0, 0.1) is 6.92 Å². The van der Waals surface area contributed by atoms with Gasteiger partial charge in [-0.15, -0.1) is 0 Å². The molecule has 2 rings (SSSR count). The average Bonchev–Trinajstić information content (AvgIpc) is 2.64. The third-order valence-electron chi connectivity index (χ3n) is 2.63. The number of carboxylic acids is 1. The summed E-state index contributed by atoms with van der Waals surface area (Å²) < 4.78 is 5.33. The number of fused-ring (bicyclic) bond motifs is 1. The van der Waals surface area contributed by atoms with Crippen molar-refractivity contribution in [3.05, 3.63) is 29.7 Å². The maximum absolute atomic E-state index is 10.7. The van der Waals surface area contributed by atoms with Crippen molar-refractivity contribution in [3.63, 3.8) is 0 Å². The second-order valence-electron chi connectivity index (χ2n) is 3.94. The van der Waals surface area contributed by atoms with E-state index in [4.69, 9.17) is 9.52 Å². The molecule has 1 heterocycles. The number of aryl methyl sites for hydroxylation is 1. The number of aliphatic hydroxyl groups excluding tert-OH is 1. The Bertz CT molecular complexity index is 546. The molecule has 0 aliphatic heterocycles. The molecule has 0 saturated heterocycles. The smallest absolute Gasteiger partial charge is 0.304 e. The predicted octanol–water partition coefficient (Wildman–Crippen LogP) is 1.69. The van der Waals surface area contributed by atoms with Gasteiger partial charge in [-0.1, -0.05) is 6.07 Å². The zero-order valence-corrected chi connectivity index (χ0v) is 9.38. The van der Waals surface area contributed by atoms with Crippen molar-refractivity contribution in [2.45, 2.75) is 19.3 Å². The first-order valence-electron chi connectivity index (χ1n) is 5.30. The van der Waals surface area contributed by atoms with Gasteiger partial charge in [0, 0.05) is 12.8 Å². The van der Waals surface area contributed by atoms with Crippen molar-refractivity contribution in [2.24, 2.45) is 0 Å². The second-order valence-corrected chi connectivity index (χ2v) is 3.94. The summed E-state index contributed by atoms with van der Waals surface area (Å²) in [6, 6.07) is 5.27. The average molecular weight is 235 g/mol. The number of carbonyl (C=O) groups is 1.